The van der Waals surface area contributed by atoms with Gasteiger partial charge in [0.1, 0.15) is 11.9 Å². The van der Waals surface area contributed by atoms with Gasteiger partial charge in [-0.25, -0.2) is 0 Å². The van der Waals surface area contributed by atoms with Gasteiger partial charge in [0, 0.05) is 12.8 Å². The van der Waals surface area contributed by atoms with E-state index < -0.39 is 0 Å². The SMILES string of the molecule is CCCC(=O)OC(C)CC(C)=O. The molecule has 0 bridgehead atoms. The molecule has 12 heavy (non-hydrogen) atoms. The average Bonchev–Trinajstić information content (AvgIpc) is 1.84. The first-order chi connectivity index (χ1) is 5.56. The fourth-order valence-electron chi connectivity index (χ4n) is 0.934. The van der Waals surface area contributed by atoms with Crippen LogP contribution in [0.25, 0.3) is 0 Å². The van der Waals surface area contributed by atoms with E-state index in [0.717, 1.165) is 6.42 Å². The van der Waals surface area contributed by atoms with Gasteiger partial charge in [0.25, 0.3) is 0 Å². The first-order valence-corrected chi connectivity index (χ1v) is 4.25. The zero-order chi connectivity index (χ0) is 9.56. The van der Waals surface area contributed by atoms with Crippen LogP contribution in [0.2, 0.25) is 0 Å². The molecule has 1 unspecified atom stereocenters. The smallest absolute Gasteiger partial charge is 0.306 e. The second-order valence-electron chi connectivity index (χ2n) is 2.96. The van der Waals surface area contributed by atoms with Crippen LogP contribution in [0.5, 0.6) is 0 Å². The van der Waals surface area contributed by atoms with Crippen molar-refractivity contribution < 1.29 is 14.3 Å². The van der Waals surface area contributed by atoms with Gasteiger partial charge in [0.05, 0.1) is 0 Å². The van der Waals surface area contributed by atoms with E-state index >= 15 is 0 Å². The summed E-state index contributed by atoms with van der Waals surface area (Å²) in [6.07, 6.45) is 1.25. The molecule has 0 aliphatic carbocycles. The highest BCUT2D eigenvalue weighted by Crippen LogP contribution is 2.01. The van der Waals surface area contributed by atoms with E-state index in [-0.39, 0.29) is 17.9 Å². The second kappa shape index (κ2) is 5.75. The predicted octanol–water partition coefficient (Wildman–Crippen LogP) is 1.70. The number of ether oxygens (including phenoxy) is 1. The summed E-state index contributed by atoms with van der Waals surface area (Å²) in [7, 11) is 0. The average molecular weight is 172 g/mol. The highest BCUT2D eigenvalue weighted by atomic mass is 16.5. The Hall–Kier alpha value is -0.860. The van der Waals surface area contributed by atoms with Gasteiger partial charge in [0.15, 0.2) is 0 Å². The lowest BCUT2D eigenvalue weighted by atomic mass is 10.2. The van der Waals surface area contributed by atoms with Crippen molar-refractivity contribution in [2.45, 2.75) is 46.1 Å². The maximum absolute atomic E-state index is 10.9. The number of hydrogen-bond acceptors (Lipinski definition) is 3. The van der Waals surface area contributed by atoms with Gasteiger partial charge in [-0.05, 0) is 20.3 Å². The van der Waals surface area contributed by atoms with Crippen molar-refractivity contribution in [3.05, 3.63) is 0 Å². The quantitative estimate of drug-likeness (QED) is 0.593. The molecule has 0 radical (unpaired) electrons. The van der Waals surface area contributed by atoms with Crippen molar-refractivity contribution in [2.24, 2.45) is 0 Å². The molecule has 0 aliphatic rings. The molecule has 0 aromatic carbocycles. The number of hydrogen-bond donors (Lipinski definition) is 0. The third-order valence-electron chi connectivity index (χ3n) is 1.36. The molecule has 0 saturated carbocycles. The van der Waals surface area contributed by atoms with Crippen LogP contribution in [-0.4, -0.2) is 17.9 Å². The molecule has 0 N–H and O–H groups in total. The first kappa shape index (κ1) is 11.1. The lowest BCUT2D eigenvalue weighted by Gasteiger charge is -2.10. The number of Topliss-reactive ketones (excluding diaryl/α,β-unsaturated/α-hetero) is 1. The number of rotatable bonds is 5. The lowest BCUT2D eigenvalue weighted by molar-refractivity contribution is -0.149. The van der Waals surface area contributed by atoms with Crippen LogP contribution >= 0.6 is 0 Å². The molecule has 0 fully saturated rings. The minimum absolute atomic E-state index is 0.0480. The molecule has 0 saturated heterocycles. The molecule has 0 rings (SSSR count). The zero-order valence-corrected chi connectivity index (χ0v) is 7.92. The van der Waals surface area contributed by atoms with Gasteiger partial charge in [-0.1, -0.05) is 6.92 Å². The fourth-order valence-corrected chi connectivity index (χ4v) is 0.934. The zero-order valence-electron chi connectivity index (χ0n) is 7.92. The Morgan fingerprint density at radius 3 is 2.42 bits per heavy atom. The topological polar surface area (TPSA) is 43.4 Å². The summed E-state index contributed by atoms with van der Waals surface area (Å²) < 4.78 is 4.94. The van der Waals surface area contributed by atoms with E-state index in [2.05, 4.69) is 0 Å². The number of carbonyl (C=O) groups is 2. The monoisotopic (exact) mass is 172 g/mol. The highest BCUT2D eigenvalue weighted by Gasteiger charge is 2.09. The molecule has 0 amide bonds. The van der Waals surface area contributed by atoms with Gasteiger partial charge in [0.2, 0.25) is 0 Å². The van der Waals surface area contributed by atoms with E-state index in [4.69, 9.17) is 4.74 Å². The van der Waals surface area contributed by atoms with Gasteiger partial charge >= 0.3 is 5.97 Å². The minimum atomic E-state index is -0.276. The maximum Gasteiger partial charge on any atom is 0.306 e. The van der Waals surface area contributed by atoms with E-state index in [1.54, 1.807) is 6.92 Å². The van der Waals surface area contributed by atoms with Gasteiger partial charge < -0.3 is 4.74 Å². The second-order valence-corrected chi connectivity index (χ2v) is 2.96. The molecule has 0 aliphatic heterocycles. The van der Waals surface area contributed by atoms with Crippen molar-refractivity contribution in [2.75, 3.05) is 0 Å². The largest absolute Gasteiger partial charge is 0.462 e. The first-order valence-electron chi connectivity index (χ1n) is 4.25. The van der Waals surface area contributed by atoms with Crippen LogP contribution in [0, 0.1) is 0 Å². The van der Waals surface area contributed by atoms with E-state index in [1.807, 2.05) is 6.92 Å². The molecule has 3 heteroatoms. The highest BCUT2D eigenvalue weighted by molar-refractivity contribution is 5.76. The molecular weight excluding hydrogens is 156 g/mol. The summed E-state index contributed by atoms with van der Waals surface area (Å²) in [4.78, 5) is 21.5. The molecule has 0 heterocycles. The molecule has 0 spiro atoms. The van der Waals surface area contributed by atoms with Crippen LogP contribution in [-0.2, 0) is 14.3 Å². The van der Waals surface area contributed by atoms with E-state index in [1.165, 1.54) is 6.92 Å². The Balaban J connectivity index is 3.61. The van der Waals surface area contributed by atoms with Crippen molar-refractivity contribution in [1.82, 2.24) is 0 Å². The summed E-state index contributed by atoms with van der Waals surface area (Å²) in [6.45, 7) is 5.13. The Kier molecular flexibility index (Phi) is 5.34. The molecule has 70 valence electrons. The van der Waals surface area contributed by atoms with Gasteiger partial charge in [-0.2, -0.15) is 0 Å². The van der Waals surface area contributed by atoms with Crippen LogP contribution in [0.3, 0.4) is 0 Å². The fraction of sp³-hybridized carbons (Fsp3) is 0.778. The summed E-state index contributed by atoms with van der Waals surface area (Å²) >= 11 is 0. The van der Waals surface area contributed by atoms with Crippen molar-refractivity contribution in [3.8, 4) is 0 Å². The van der Waals surface area contributed by atoms with Crippen molar-refractivity contribution in [3.63, 3.8) is 0 Å². The maximum atomic E-state index is 10.9. The van der Waals surface area contributed by atoms with Crippen LogP contribution in [0.1, 0.15) is 40.0 Å². The Labute approximate surface area is 73.1 Å². The predicted molar refractivity (Wildman–Crippen MR) is 45.8 cm³/mol. The summed E-state index contributed by atoms with van der Waals surface area (Å²) in [6, 6.07) is 0. The van der Waals surface area contributed by atoms with Crippen LogP contribution < -0.4 is 0 Å². The molecule has 0 aromatic rings. The third kappa shape index (κ3) is 5.89. The summed E-state index contributed by atoms with van der Waals surface area (Å²) in [5.74, 6) is -0.168. The molecular formula is C9H16O3. The Bertz CT molecular complexity index is 163. The third-order valence-corrected chi connectivity index (χ3v) is 1.36. The van der Waals surface area contributed by atoms with Gasteiger partial charge in [-0.15, -0.1) is 0 Å². The molecule has 0 aromatic heterocycles. The van der Waals surface area contributed by atoms with Crippen LogP contribution in [0.4, 0.5) is 0 Å². The Morgan fingerprint density at radius 2 is 2.00 bits per heavy atom. The van der Waals surface area contributed by atoms with Crippen molar-refractivity contribution >= 4 is 11.8 Å². The number of ketones is 1. The summed E-state index contributed by atoms with van der Waals surface area (Å²) in [5.41, 5.74) is 0. The standard InChI is InChI=1S/C9H16O3/c1-4-5-9(11)12-8(3)6-7(2)10/h8H,4-6H2,1-3H3. The molecule has 3 nitrogen and oxygen atoms in total. The van der Waals surface area contributed by atoms with E-state index in [9.17, 15) is 9.59 Å². The van der Waals surface area contributed by atoms with Crippen LogP contribution in [0.15, 0.2) is 0 Å². The number of esters is 1. The lowest BCUT2D eigenvalue weighted by Crippen LogP contribution is -2.17. The Morgan fingerprint density at radius 1 is 1.42 bits per heavy atom. The summed E-state index contributed by atoms with van der Waals surface area (Å²) in [5, 5.41) is 0. The van der Waals surface area contributed by atoms with Crippen molar-refractivity contribution in [1.29, 1.82) is 0 Å². The number of carbonyl (C=O) groups excluding carboxylic acids is 2. The minimum Gasteiger partial charge on any atom is -0.462 e. The normalized spacial score (nSPS) is 12.2. The molecule has 1 atom stereocenters. The van der Waals surface area contributed by atoms with Gasteiger partial charge in [-0.3, -0.25) is 9.59 Å². The van der Waals surface area contributed by atoms with E-state index in [0.29, 0.717) is 12.8 Å².